The molecule has 0 spiro atoms. The Morgan fingerprint density at radius 1 is 1.43 bits per heavy atom. The van der Waals surface area contributed by atoms with E-state index >= 15 is 0 Å². The van der Waals surface area contributed by atoms with Crippen LogP contribution in [0.4, 0.5) is 10.5 Å². The zero-order chi connectivity index (χ0) is 17.2. The molecule has 1 aromatic rings. The van der Waals surface area contributed by atoms with Gasteiger partial charge in [0.05, 0.1) is 11.5 Å². The molecule has 1 aliphatic rings. The number of rotatable bonds is 3. The number of hydrogen-bond donors (Lipinski definition) is 0. The summed E-state index contributed by atoms with van der Waals surface area (Å²) in [6, 6.07) is 4.16. The zero-order valence-corrected chi connectivity index (χ0v) is 14.0. The topological polar surface area (TPSA) is 81.9 Å². The number of benzene rings is 1. The molecule has 0 aliphatic carbocycles. The maximum atomic E-state index is 12.0. The molecule has 2 rings (SSSR count). The van der Waals surface area contributed by atoms with Crippen molar-refractivity contribution < 1.29 is 19.2 Å². The van der Waals surface area contributed by atoms with Gasteiger partial charge in [-0.1, -0.05) is 11.6 Å². The summed E-state index contributed by atoms with van der Waals surface area (Å²) in [5.74, 6) is 0.110. The van der Waals surface area contributed by atoms with Crippen LogP contribution in [0, 0.1) is 10.1 Å². The first-order valence-corrected chi connectivity index (χ1v) is 7.62. The maximum absolute atomic E-state index is 12.0. The second kappa shape index (κ2) is 6.62. The van der Waals surface area contributed by atoms with E-state index in [2.05, 4.69) is 0 Å². The fourth-order valence-corrected chi connectivity index (χ4v) is 2.39. The van der Waals surface area contributed by atoms with Gasteiger partial charge in [0.2, 0.25) is 0 Å². The number of halogens is 1. The molecule has 126 valence electrons. The third-order valence-corrected chi connectivity index (χ3v) is 3.44. The summed E-state index contributed by atoms with van der Waals surface area (Å²) in [5.41, 5.74) is -0.716. The SMILES string of the molecule is CC(C)(C)OC(=O)N1CCC(Oc2cc(Cl)ccc2[N+](=O)[O-])C1. The summed E-state index contributed by atoms with van der Waals surface area (Å²) in [5, 5.41) is 11.4. The van der Waals surface area contributed by atoms with Crippen molar-refractivity contribution >= 4 is 23.4 Å². The molecule has 1 heterocycles. The number of nitro benzene ring substituents is 1. The first-order valence-electron chi connectivity index (χ1n) is 7.24. The smallest absolute Gasteiger partial charge is 0.410 e. The van der Waals surface area contributed by atoms with Gasteiger partial charge in [0.1, 0.15) is 11.7 Å². The lowest BCUT2D eigenvalue weighted by atomic mass is 10.2. The second-order valence-electron chi connectivity index (χ2n) is 6.32. The molecule has 1 atom stereocenters. The highest BCUT2D eigenvalue weighted by Gasteiger charge is 2.32. The van der Waals surface area contributed by atoms with Crippen molar-refractivity contribution in [2.24, 2.45) is 0 Å². The minimum atomic E-state index is -0.568. The molecule has 23 heavy (non-hydrogen) atoms. The molecule has 0 radical (unpaired) electrons. The Morgan fingerprint density at radius 2 is 2.13 bits per heavy atom. The van der Waals surface area contributed by atoms with Gasteiger partial charge in [-0.05, 0) is 26.8 Å². The van der Waals surface area contributed by atoms with Crippen LogP contribution in [0.2, 0.25) is 5.02 Å². The van der Waals surface area contributed by atoms with Crippen molar-refractivity contribution in [2.75, 3.05) is 13.1 Å². The molecular formula is C15H19ClN2O5. The highest BCUT2D eigenvalue weighted by molar-refractivity contribution is 6.30. The molecular weight excluding hydrogens is 324 g/mol. The van der Waals surface area contributed by atoms with Gasteiger partial charge in [-0.3, -0.25) is 10.1 Å². The average Bonchev–Trinajstić information content (AvgIpc) is 2.85. The van der Waals surface area contributed by atoms with E-state index in [4.69, 9.17) is 21.1 Å². The van der Waals surface area contributed by atoms with Gasteiger partial charge in [0.25, 0.3) is 0 Å². The number of nitro groups is 1. The van der Waals surface area contributed by atoms with E-state index < -0.39 is 16.6 Å². The average molecular weight is 343 g/mol. The van der Waals surface area contributed by atoms with E-state index in [1.54, 1.807) is 20.8 Å². The van der Waals surface area contributed by atoms with Crippen molar-refractivity contribution in [2.45, 2.75) is 38.9 Å². The van der Waals surface area contributed by atoms with Gasteiger partial charge in [0.15, 0.2) is 5.75 Å². The molecule has 1 aromatic carbocycles. The zero-order valence-electron chi connectivity index (χ0n) is 13.2. The maximum Gasteiger partial charge on any atom is 0.410 e. The van der Waals surface area contributed by atoms with Gasteiger partial charge >= 0.3 is 11.8 Å². The van der Waals surface area contributed by atoms with E-state index in [-0.39, 0.29) is 17.5 Å². The van der Waals surface area contributed by atoms with Gasteiger partial charge in [-0.15, -0.1) is 0 Å². The van der Waals surface area contributed by atoms with E-state index in [1.165, 1.54) is 23.1 Å². The number of amides is 1. The number of hydrogen-bond acceptors (Lipinski definition) is 5. The Bertz CT molecular complexity index is 614. The van der Waals surface area contributed by atoms with Gasteiger partial charge in [-0.2, -0.15) is 0 Å². The van der Waals surface area contributed by atoms with Gasteiger partial charge in [-0.25, -0.2) is 4.79 Å². The van der Waals surface area contributed by atoms with Crippen LogP contribution in [-0.4, -0.2) is 40.7 Å². The normalized spacial score (nSPS) is 17.9. The Morgan fingerprint density at radius 3 is 2.74 bits per heavy atom. The molecule has 0 N–H and O–H groups in total. The third kappa shape index (κ3) is 4.72. The van der Waals surface area contributed by atoms with Gasteiger partial charge < -0.3 is 14.4 Å². The Labute approximate surface area is 139 Å². The fraction of sp³-hybridized carbons (Fsp3) is 0.533. The van der Waals surface area contributed by atoms with E-state index in [0.717, 1.165) is 0 Å². The van der Waals surface area contributed by atoms with Crippen LogP contribution in [0.5, 0.6) is 5.75 Å². The van der Waals surface area contributed by atoms with Crippen molar-refractivity contribution in [1.29, 1.82) is 0 Å². The molecule has 8 heteroatoms. The first kappa shape index (κ1) is 17.3. The highest BCUT2D eigenvalue weighted by atomic mass is 35.5. The standard InChI is InChI=1S/C15H19ClN2O5/c1-15(2,3)23-14(19)17-7-6-11(9-17)22-13-8-10(16)4-5-12(13)18(20)21/h4-5,8,11H,6-7,9H2,1-3H3. The summed E-state index contributed by atoms with van der Waals surface area (Å²) in [6.07, 6.45) is -0.174. The van der Waals surface area contributed by atoms with Crippen LogP contribution < -0.4 is 4.74 Å². The van der Waals surface area contributed by atoms with E-state index in [1.807, 2.05) is 0 Å². The molecule has 1 amide bonds. The van der Waals surface area contributed by atoms with Crippen molar-refractivity contribution in [1.82, 2.24) is 4.90 Å². The number of likely N-dealkylation sites (tertiary alicyclic amines) is 1. The van der Waals surface area contributed by atoms with Crippen LogP contribution in [0.25, 0.3) is 0 Å². The summed E-state index contributed by atoms with van der Waals surface area (Å²) >= 11 is 5.87. The molecule has 0 bridgehead atoms. The fourth-order valence-electron chi connectivity index (χ4n) is 2.23. The van der Waals surface area contributed by atoms with Gasteiger partial charge in [0, 0.05) is 30.1 Å². The lowest BCUT2D eigenvalue weighted by Gasteiger charge is -2.24. The predicted molar refractivity (Wildman–Crippen MR) is 84.9 cm³/mol. The molecule has 1 saturated heterocycles. The molecule has 1 fully saturated rings. The third-order valence-electron chi connectivity index (χ3n) is 3.21. The number of nitrogens with zero attached hydrogens (tertiary/aromatic N) is 2. The predicted octanol–water partition coefficient (Wildman–Crippen LogP) is 3.64. The minimum Gasteiger partial charge on any atom is -0.482 e. The molecule has 1 unspecified atom stereocenters. The second-order valence-corrected chi connectivity index (χ2v) is 6.76. The Kier molecular flexibility index (Phi) is 4.99. The minimum absolute atomic E-state index is 0.110. The Hall–Kier alpha value is -2.02. The molecule has 7 nitrogen and oxygen atoms in total. The number of carbonyl (C=O) groups excluding carboxylic acids is 1. The van der Waals surface area contributed by atoms with Crippen LogP contribution in [0.1, 0.15) is 27.2 Å². The van der Waals surface area contributed by atoms with Crippen molar-refractivity contribution in [3.63, 3.8) is 0 Å². The lowest BCUT2D eigenvalue weighted by Crippen LogP contribution is -2.36. The summed E-state index contributed by atoms with van der Waals surface area (Å²) in [6.45, 7) is 6.19. The van der Waals surface area contributed by atoms with Crippen LogP contribution in [-0.2, 0) is 4.74 Å². The molecule has 1 aliphatic heterocycles. The van der Waals surface area contributed by atoms with Crippen molar-refractivity contribution in [3.8, 4) is 5.75 Å². The van der Waals surface area contributed by atoms with Crippen LogP contribution in [0.3, 0.4) is 0 Å². The number of ether oxygens (including phenoxy) is 2. The number of carbonyl (C=O) groups is 1. The summed E-state index contributed by atoms with van der Waals surface area (Å²) in [7, 11) is 0. The van der Waals surface area contributed by atoms with E-state index in [9.17, 15) is 14.9 Å². The summed E-state index contributed by atoms with van der Waals surface area (Å²) in [4.78, 5) is 24.1. The summed E-state index contributed by atoms with van der Waals surface area (Å²) < 4.78 is 11.0. The molecule has 0 saturated carbocycles. The largest absolute Gasteiger partial charge is 0.482 e. The quantitative estimate of drug-likeness (QED) is 0.618. The monoisotopic (exact) mass is 342 g/mol. The Balaban J connectivity index is 2.02. The highest BCUT2D eigenvalue weighted by Crippen LogP contribution is 2.32. The molecule has 0 aromatic heterocycles. The van der Waals surface area contributed by atoms with Crippen LogP contribution in [0.15, 0.2) is 18.2 Å². The van der Waals surface area contributed by atoms with Crippen molar-refractivity contribution in [3.05, 3.63) is 33.3 Å². The first-order chi connectivity index (χ1) is 10.7. The lowest BCUT2D eigenvalue weighted by molar-refractivity contribution is -0.386. The van der Waals surface area contributed by atoms with E-state index in [0.29, 0.717) is 24.5 Å². The van der Waals surface area contributed by atoms with Crippen LogP contribution >= 0.6 is 11.6 Å².